The molecule has 0 bridgehead atoms. The van der Waals surface area contributed by atoms with Gasteiger partial charge in [0.25, 0.3) is 5.89 Å². The molecular weight excluding hydrogens is 356 g/mol. The van der Waals surface area contributed by atoms with Gasteiger partial charge >= 0.3 is 6.01 Å². The lowest BCUT2D eigenvalue weighted by Crippen LogP contribution is -2.49. The molecule has 1 aliphatic rings. The largest absolute Gasteiger partial charge is 0.493 e. The van der Waals surface area contributed by atoms with Crippen molar-refractivity contribution in [3.63, 3.8) is 0 Å². The Kier molecular flexibility index (Phi) is 5.77. The molecule has 0 N–H and O–H groups in total. The molecule has 1 aromatic heterocycles. The van der Waals surface area contributed by atoms with Gasteiger partial charge in [-0.05, 0) is 25.5 Å². The first kappa shape index (κ1) is 18.7. The monoisotopic (exact) mass is 380 g/mol. The Bertz CT molecular complexity index is 829. The first-order chi connectivity index (χ1) is 12.5. The van der Waals surface area contributed by atoms with Gasteiger partial charge in [0.1, 0.15) is 5.75 Å². The maximum absolute atomic E-state index is 12.0. The molecule has 0 aliphatic carbocycles. The van der Waals surface area contributed by atoms with Gasteiger partial charge < -0.3 is 14.1 Å². The summed E-state index contributed by atoms with van der Waals surface area (Å²) in [6.45, 7) is 6.21. The fourth-order valence-electron chi connectivity index (χ4n) is 2.77. The molecule has 0 spiro atoms. The van der Waals surface area contributed by atoms with Crippen LogP contribution in [0.4, 0.5) is 6.01 Å². The van der Waals surface area contributed by atoms with Crippen molar-refractivity contribution in [1.82, 2.24) is 14.5 Å². The summed E-state index contributed by atoms with van der Waals surface area (Å²) < 4.78 is 37.0. The highest BCUT2D eigenvalue weighted by molar-refractivity contribution is 7.89. The van der Waals surface area contributed by atoms with E-state index in [2.05, 4.69) is 10.2 Å². The van der Waals surface area contributed by atoms with Gasteiger partial charge in [-0.25, -0.2) is 8.42 Å². The molecule has 142 valence electrons. The predicted molar refractivity (Wildman–Crippen MR) is 98.8 cm³/mol. The molecule has 9 heteroatoms. The second-order valence-corrected chi connectivity index (χ2v) is 8.28. The van der Waals surface area contributed by atoms with Crippen molar-refractivity contribution in [2.45, 2.75) is 20.3 Å². The highest BCUT2D eigenvalue weighted by atomic mass is 32.2. The van der Waals surface area contributed by atoms with Crippen molar-refractivity contribution < 1.29 is 17.6 Å². The molecule has 0 radical (unpaired) electrons. The van der Waals surface area contributed by atoms with E-state index in [0.29, 0.717) is 50.4 Å². The van der Waals surface area contributed by atoms with Gasteiger partial charge in [-0.1, -0.05) is 24.2 Å². The first-order valence-corrected chi connectivity index (χ1v) is 10.4. The highest BCUT2D eigenvalue weighted by Gasteiger charge is 2.28. The molecule has 0 saturated carbocycles. The van der Waals surface area contributed by atoms with E-state index in [0.717, 1.165) is 12.0 Å². The molecule has 1 aromatic carbocycles. The van der Waals surface area contributed by atoms with Crippen LogP contribution in [0.2, 0.25) is 0 Å². The Morgan fingerprint density at radius 2 is 1.85 bits per heavy atom. The van der Waals surface area contributed by atoms with Crippen molar-refractivity contribution in [3.8, 4) is 17.2 Å². The van der Waals surface area contributed by atoms with Gasteiger partial charge in [0, 0.05) is 26.2 Å². The molecule has 0 amide bonds. The topological polar surface area (TPSA) is 88.8 Å². The summed E-state index contributed by atoms with van der Waals surface area (Å²) in [5.74, 6) is 1.23. The SMILES string of the molecule is CCCOc1ccccc1-c1nnc(N2CCN(S(=O)(=O)CC)CC2)o1. The summed E-state index contributed by atoms with van der Waals surface area (Å²) in [5.41, 5.74) is 0.756. The van der Waals surface area contributed by atoms with Crippen molar-refractivity contribution in [3.05, 3.63) is 24.3 Å². The van der Waals surface area contributed by atoms with Crippen LogP contribution >= 0.6 is 0 Å². The van der Waals surface area contributed by atoms with Crippen LogP contribution in [-0.4, -0.2) is 61.5 Å². The fraction of sp³-hybridized carbons (Fsp3) is 0.529. The van der Waals surface area contributed by atoms with Crippen molar-refractivity contribution in [2.24, 2.45) is 0 Å². The molecule has 1 aliphatic heterocycles. The first-order valence-electron chi connectivity index (χ1n) is 8.83. The van der Waals surface area contributed by atoms with Crippen molar-refractivity contribution in [1.29, 1.82) is 0 Å². The molecule has 1 saturated heterocycles. The van der Waals surface area contributed by atoms with Crippen LogP contribution in [-0.2, 0) is 10.0 Å². The quantitative estimate of drug-likeness (QED) is 0.726. The summed E-state index contributed by atoms with van der Waals surface area (Å²) in [5, 5.41) is 8.27. The van der Waals surface area contributed by atoms with Crippen LogP contribution in [0.15, 0.2) is 28.7 Å². The maximum Gasteiger partial charge on any atom is 0.318 e. The van der Waals surface area contributed by atoms with Gasteiger partial charge in [0.05, 0.1) is 17.9 Å². The summed E-state index contributed by atoms with van der Waals surface area (Å²) in [6.07, 6.45) is 0.911. The Morgan fingerprint density at radius 1 is 1.12 bits per heavy atom. The molecule has 0 unspecified atom stereocenters. The number of hydrogen-bond acceptors (Lipinski definition) is 7. The Labute approximate surface area is 153 Å². The average Bonchev–Trinajstić information content (AvgIpc) is 3.16. The second kappa shape index (κ2) is 8.05. The van der Waals surface area contributed by atoms with E-state index in [-0.39, 0.29) is 5.75 Å². The zero-order valence-corrected chi connectivity index (χ0v) is 15.9. The van der Waals surface area contributed by atoms with E-state index in [4.69, 9.17) is 9.15 Å². The average molecular weight is 380 g/mol. The van der Waals surface area contributed by atoms with Crippen LogP contribution < -0.4 is 9.64 Å². The zero-order valence-electron chi connectivity index (χ0n) is 15.1. The van der Waals surface area contributed by atoms with Crippen molar-refractivity contribution in [2.75, 3.05) is 43.4 Å². The number of ether oxygens (including phenoxy) is 1. The van der Waals surface area contributed by atoms with Crippen LogP contribution in [0.3, 0.4) is 0 Å². The molecular formula is C17H24N4O4S. The van der Waals surface area contributed by atoms with Crippen LogP contribution in [0.5, 0.6) is 5.75 Å². The summed E-state index contributed by atoms with van der Waals surface area (Å²) in [6, 6.07) is 7.96. The van der Waals surface area contributed by atoms with E-state index >= 15 is 0 Å². The Hall–Kier alpha value is -2.13. The van der Waals surface area contributed by atoms with Gasteiger partial charge in [0.15, 0.2) is 0 Å². The number of anilines is 1. The Balaban J connectivity index is 1.72. The van der Waals surface area contributed by atoms with E-state index in [1.165, 1.54) is 4.31 Å². The number of hydrogen-bond donors (Lipinski definition) is 0. The second-order valence-electron chi connectivity index (χ2n) is 6.02. The third kappa shape index (κ3) is 3.99. The standard InChI is InChI=1S/C17H24N4O4S/c1-3-13-24-15-8-6-5-7-14(15)16-18-19-17(25-16)20-9-11-21(12-10-20)26(22,23)4-2/h5-8H,3-4,9-13H2,1-2H3. The number of nitrogens with zero attached hydrogens (tertiary/aromatic N) is 4. The van der Waals surface area contributed by atoms with E-state index in [1.54, 1.807) is 6.92 Å². The molecule has 3 rings (SSSR count). The lowest BCUT2D eigenvalue weighted by atomic mass is 10.2. The van der Waals surface area contributed by atoms with E-state index < -0.39 is 10.0 Å². The van der Waals surface area contributed by atoms with Gasteiger partial charge in [-0.3, -0.25) is 0 Å². The lowest BCUT2D eigenvalue weighted by molar-refractivity contribution is 0.317. The molecule has 2 heterocycles. The third-order valence-electron chi connectivity index (χ3n) is 4.26. The van der Waals surface area contributed by atoms with E-state index in [1.807, 2.05) is 36.1 Å². The van der Waals surface area contributed by atoms with Gasteiger partial charge in [-0.2, -0.15) is 4.31 Å². The zero-order chi connectivity index (χ0) is 18.6. The minimum Gasteiger partial charge on any atom is -0.493 e. The van der Waals surface area contributed by atoms with Crippen LogP contribution in [0.25, 0.3) is 11.5 Å². The number of aromatic nitrogens is 2. The number of piperazine rings is 1. The number of para-hydroxylation sites is 1. The highest BCUT2D eigenvalue weighted by Crippen LogP contribution is 2.30. The van der Waals surface area contributed by atoms with Gasteiger partial charge in [-0.15, -0.1) is 5.10 Å². The van der Waals surface area contributed by atoms with E-state index in [9.17, 15) is 8.42 Å². The smallest absolute Gasteiger partial charge is 0.318 e. The summed E-state index contributed by atoms with van der Waals surface area (Å²) >= 11 is 0. The molecule has 26 heavy (non-hydrogen) atoms. The normalized spacial score (nSPS) is 16.0. The summed E-state index contributed by atoms with van der Waals surface area (Å²) in [7, 11) is -3.16. The number of rotatable bonds is 7. The molecule has 2 aromatic rings. The summed E-state index contributed by atoms with van der Waals surface area (Å²) in [4.78, 5) is 1.91. The molecule has 1 fully saturated rings. The fourth-order valence-corrected chi connectivity index (χ4v) is 3.86. The third-order valence-corrected chi connectivity index (χ3v) is 6.14. The van der Waals surface area contributed by atoms with Gasteiger partial charge in [0.2, 0.25) is 10.0 Å². The molecule has 8 nitrogen and oxygen atoms in total. The van der Waals surface area contributed by atoms with Crippen molar-refractivity contribution >= 4 is 16.0 Å². The number of benzene rings is 1. The minimum absolute atomic E-state index is 0.117. The van der Waals surface area contributed by atoms with Crippen LogP contribution in [0.1, 0.15) is 20.3 Å². The minimum atomic E-state index is -3.16. The molecule has 0 atom stereocenters. The maximum atomic E-state index is 12.0. The number of sulfonamides is 1. The van der Waals surface area contributed by atoms with Crippen LogP contribution in [0, 0.1) is 0 Å². The predicted octanol–water partition coefficient (Wildman–Crippen LogP) is 2.00. The Morgan fingerprint density at radius 3 is 2.54 bits per heavy atom. The lowest BCUT2D eigenvalue weighted by Gasteiger charge is -2.32.